The number of aliphatic imine (C=N–C) groups is 1. The molecule has 0 aromatic carbocycles. The highest BCUT2D eigenvalue weighted by Gasteiger charge is 1.98. The summed E-state index contributed by atoms with van der Waals surface area (Å²) in [5, 5.41) is -0.518. The Morgan fingerprint density at radius 2 is 2.11 bits per heavy atom. The van der Waals surface area contributed by atoms with Crippen LogP contribution in [0.1, 0.15) is 13.8 Å². The lowest BCUT2D eigenvalue weighted by Crippen LogP contribution is -1.88. The number of rotatable bonds is 2. The number of carbonyl (C=O) groups excluding carboxylic acids is 1. The highest BCUT2D eigenvalue weighted by molar-refractivity contribution is 6.67. The predicted octanol–water partition coefficient (Wildman–Crippen LogP) is 1.75. The Bertz CT molecular complexity index is 160. The van der Waals surface area contributed by atoms with E-state index in [1.54, 1.807) is 19.9 Å². The van der Waals surface area contributed by atoms with Crippen LogP contribution in [0, 0.1) is 0 Å². The average Bonchev–Trinajstić information content (AvgIpc) is 1.82. The Morgan fingerprint density at radius 3 is 2.22 bits per heavy atom. The quantitative estimate of drug-likeness (QED) is 0.331. The van der Waals surface area contributed by atoms with Crippen molar-refractivity contribution in [3.63, 3.8) is 0 Å². The Morgan fingerprint density at radius 1 is 1.56 bits per heavy atom. The van der Waals surface area contributed by atoms with Crippen molar-refractivity contribution < 1.29 is 4.79 Å². The van der Waals surface area contributed by atoms with Crippen molar-refractivity contribution in [2.24, 2.45) is 4.99 Å². The van der Waals surface area contributed by atoms with Gasteiger partial charge in [-0.15, -0.1) is 0 Å². The van der Waals surface area contributed by atoms with Crippen molar-refractivity contribution in [1.82, 2.24) is 0 Å². The van der Waals surface area contributed by atoms with Gasteiger partial charge in [0, 0.05) is 6.21 Å². The van der Waals surface area contributed by atoms with Crippen LogP contribution in [0.3, 0.4) is 0 Å². The molecule has 0 unspecified atom stereocenters. The molecule has 0 spiro atoms. The molecule has 0 bridgehead atoms. The molecule has 0 heterocycles. The van der Waals surface area contributed by atoms with E-state index in [0.717, 1.165) is 0 Å². The third kappa shape index (κ3) is 3.03. The summed E-state index contributed by atoms with van der Waals surface area (Å²) in [6.07, 6.45) is 3.09. The first-order valence-corrected chi connectivity index (χ1v) is 2.95. The number of nitrogens with zero attached hydrogens (tertiary/aromatic N) is 1. The maximum absolute atomic E-state index is 10.3. The van der Waals surface area contributed by atoms with Crippen LogP contribution in [0.2, 0.25) is 0 Å². The molecule has 2 nitrogen and oxygen atoms in total. The molecule has 50 valence electrons. The van der Waals surface area contributed by atoms with E-state index in [1.807, 2.05) is 0 Å². The first kappa shape index (κ1) is 8.37. The van der Waals surface area contributed by atoms with Gasteiger partial charge in [-0.05, 0) is 25.4 Å². The van der Waals surface area contributed by atoms with E-state index in [9.17, 15) is 4.79 Å². The van der Waals surface area contributed by atoms with E-state index in [1.165, 1.54) is 6.21 Å². The second-order valence-electron chi connectivity index (χ2n) is 1.33. The first-order valence-electron chi connectivity index (χ1n) is 2.57. The second kappa shape index (κ2) is 4.27. The zero-order chi connectivity index (χ0) is 7.28. The summed E-state index contributed by atoms with van der Waals surface area (Å²) in [6.45, 7) is 3.44. The van der Waals surface area contributed by atoms with Gasteiger partial charge >= 0.3 is 0 Å². The van der Waals surface area contributed by atoms with E-state index < -0.39 is 5.24 Å². The van der Waals surface area contributed by atoms with Gasteiger partial charge < -0.3 is 0 Å². The van der Waals surface area contributed by atoms with Crippen LogP contribution in [0.4, 0.5) is 0 Å². The van der Waals surface area contributed by atoms with Crippen LogP contribution in [0.5, 0.6) is 0 Å². The maximum atomic E-state index is 10.3. The van der Waals surface area contributed by atoms with Crippen LogP contribution in [-0.4, -0.2) is 11.5 Å². The lowest BCUT2D eigenvalue weighted by atomic mass is 10.4. The van der Waals surface area contributed by atoms with Crippen molar-refractivity contribution >= 4 is 23.1 Å². The van der Waals surface area contributed by atoms with Gasteiger partial charge in [-0.2, -0.15) is 0 Å². The molecule has 0 rings (SSSR count). The Balaban J connectivity index is 4.19. The van der Waals surface area contributed by atoms with E-state index in [2.05, 4.69) is 4.99 Å². The molecule has 0 N–H and O–H groups in total. The normalized spacial score (nSPS) is 12.6. The highest BCUT2D eigenvalue weighted by Crippen LogP contribution is 1.99. The van der Waals surface area contributed by atoms with Crippen molar-refractivity contribution in [3.8, 4) is 0 Å². The smallest absolute Gasteiger partial charge is 0.270 e. The minimum absolute atomic E-state index is 0.291. The Labute approximate surface area is 59.2 Å². The molecule has 0 aliphatic heterocycles. The van der Waals surface area contributed by atoms with E-state index in [4.69, 9.17) is 11.6 Å². The molecule has 0 amide bonds. The van der Waals surface area contributed by atoms with Crippen LogP contribution in [0.25, 0.3) is 0 Å². The first-order chi connectivity index (χ1) is 4.22. The van der Waals surface area contributed by atoms with Crippen molar-refractivity contribution in [2.75, 3.05) is 0 Å². The van der Waals surface area contributed by atoms with Crippen molar-refractivity contribution in [2.45, 2.75) is 13.8 Å². The second-order valence-corrected chi connectivity index (χ2v) is 1.68. The molecule has 0 aromatic heterocycles. The summed E-state index contributed by atoms with van der Waals surface area (Å²) in [4.78, 5) is 14.0. The molecule has 0 aromatic rings. The SMILES string of the molecule is CC=N/C(=C\C)C(=O)Cl. The minimum Gasteiger partial charge on any atom is -0.274 e. The fraction of sp³-hybridized carbons (Fsp3) is 0.333. The van der Waals surface area contributed by atoms with Gasteiger partial charge in [-0.3, -0.25) is 9.79 Å². The lowest BCUT2D eigenvalue weighted by Gasteiger charge is -1.87. The lowest BCUT2D eigenvalue weighted by molar-refractivity contribution is -0.108. The fourth-order valence-corrected chi connectivity index (χ4v) is 0.536. The monoisotopic (exact) mass is 145 g/mol. The number of halogens is 1. The molecule has 9 heavy (non-hydrogen) atoms. The average molecular weight is 146 g/mol. The number of hydrogen-bond acceptors (Lipinski definition) is 2. The maximum Gasteiger partial charge on any atom is 0.270 e. The molecule has 0 radical (unpaired) electrons. The number of allylic oxidation sites excluding steroid dienone is 2. The molecule has 0 fully saturated rings. The molecular formula is C6H8ClNO. The van der Waals surface area contributed by atoms with Crippen molar-refractivity contribution in [1.29, 1.82) is 0 Å². The van der Waals surface area contributed by atoms with Gasteiger partial charge in [0.1, 0.15) is 5.70 Å². The molecule has 0 aliphatic rings. The molecule has 3 heteroatoms. The summed E-state index contributed by atoms with van der Waals surface area (Å²) >= 11 is 5.10. The summed E-state index contributed by atoms with van der Waals surface area (Å²) in [6, 6.07) is 0. The summed E-state index contributed by atoms with van der Waals surface area (Å²) in [5.74, 6) is 0. The van der Waals surface area contributed by atoms with Crippen LogP contribution in [-0.2, 0) is 4.79 Å². The zero-order valence-corrected chi connectivity index (χ0v) is 6.14. The highest BCUT2D eigenvalue weighted by atomic mass is 35.5. The molecule has 0 aliphatic carbocycles. The van der Waals surface area contributed by atoms with Crippen LogP contribution in [0.15, 0.2) is 16.8 Å². The molecule has 0 saturated carbocycles. The Kier molecular flexibility index (Phi) is 3.97. The molecule has 0 saturated heterocycles. The largest absolute Gasteiger partial charge is 0.274 e. The summed E-state index contributed by atoms with van der Waals surface area (Å²) < 4.78 is 0. The fourth-order valence-electron chi connectivity index (χ4n) is 0.378. The van der Waals surface area contributed by atoms with Gasteiger partial charge in [0.05, 0.1) is 0 Å². The van der Waals surface area contributed by atoms with E-state index >= 15 is 0 Å². The van der Waals surface area contributed by atoms with Gasteiger partial charge in [0.2, 0.25) is 0 Å². The molecular weight excluding hydrogens is 138 g/mol. The van der Waals surface area contributed by atoms with Gasteiger partial charge in [0.25, 0.3) is 5.24 Å². The van der Waals surface area contributed by atoms with E-state index in [0.29, 0.717) is 5.70 Å². The third-order valence-corrected chi connectivity index (χ3v) is 0.937. The standard InChI is InChI=1S/C6H8ClNO/c1-3-5(6(7)9)8-4-2/h3-4H,1-2H3/b5-3-,8-4?. The molecule has 0 atom stereocenters. The predicted molar refractivity (Wildman–Crippen MR) is 38.8 cm³/mol. The van der Waals surface area contributed by atoms with Crippen molar-refractivity contribution in [3.05, 3.63) is 11.8 Å². The summed E-state index contributed by atoms with van der Waals surface area (Å²) in [5.41, 5.74) is 0.291. The zero-order valence-electron chi connectivity index (χ0n) is 5.39. The van der Waals surface area contributed by atoms with Crippen LogP contribution >= 0.6 is 11.6 Å². The topological polar surface area (TPSA) is 29.4 Å². The van der Waals surface area contributed by atoms with Gasteiger partial charge in [-0.25, -0.2) is 0 Å². The van der Waals surface area contributed by atoms with E-state index in [-0.39, 0.29) is 0 Å². The van der Waals surface area contributed by atoms with Gasteiger partial charge in [-0.1, -0.05) is 6.08 Å². The minimum atomic E-state index is -0.518. The number of hydrogen-bond donors (Lipinski definition) is 0. The van der Waals surface area contributed by atoms with Gasteiger partial charge in [0.15, 0.2) is 0 Å². The van der Waals surface area contributed by atoms with Crippen LogP contribution < -0.4 is 0 Å². The Hall–Kier alpha value is -0.630. The summed E-state index contributed by atoms with van der Waals surface area (Å²) in [7, 11) is 0. The number of carbonyl (C=O) groups is 1. The third-order valence-electron chi connectivity index (χ3n) is 0.743.